The van der Waals surface area contributed by atoms with Crippen molar-refractivity contribution in [3.63, 3.8) is 0 Å². The largest absolute Gasteiger partial charge is 0.495 e. The van der Waals surface area contributed by atoms with Gasteiger partial charge in [-0.3, -0.25) is 9.59 Å². The fraction of sp³-hybridized carbons (Fsp3) is 0.304. The summed E-state index contributed by atoms with van der Waals surface area (Å²) >= 11 is 6.14. The zero-order valence-corrected chi connectivity index (χ0v) is 17.7. The van der Waals surface area contributed by atoms with Gasteiger partial charge in [-0.15, -0.1) is 0 Å². The Morgan fingerprint density at radius 3 is 2.58 bits per heavy atom. The van der Waals surface area contributed by atoms with Gasteiger partial charge < -0.3 is 14.7 Å². The number of methoxy groups -OCH3 is 1. The molecule has 2 aliphatic rings. The maximum absolute atomic E-state index is 13.6. The number of rotatable bonds is 5. The van der Waals surface area contributed by atoms with Gasteiger partial charge in [0.1, 0.15) is 17.3 Å². The van der Waals surface area contributed by atoms with E-state index in [9.17, 15) is 19.1 Å². The highest BCUT2D eigenvalue weighted by Crippen LogP contribution is 2.40. The summed E-state index contributed by atoms with van der Waals surface area (Å²) in [5, 5.41) is 9.99. The molecule has 162 valence electrons. The van der Waals surface area contributed by atoms with Crippen LogP contribution in [0.5, 0.6) is 5.75 Å². The van der Waals surface area contributed by atoms with Crippen LogP contribution in [0.25, 0.3) is 5.57 Å². The lowest BCUT2D eigenvalue weighted by molar-refractivity contribution is -0.120. The van der Waals surface area contributed by atoms with Crippen LogP contribution in [-0.2, 0) is 9.59 Å². The van der Waals surface area contributed by atoms with Crippen molar-refractivity contribution in [2.75, 3.05) is 31.7 Å². The van der Waals surface area contributed by atoms with Gasteiger partial charge in [0, 0.05) is 24.7 Å². The van der Waals surface area contributed by atoms with Gasteiger partial charge in [-0.2, -0.15) is 0 Å². The molecule has 1 unspecified atom stereocenters. The molecule has 2 aromatic rings. The maximum atomic E-state index is 13.6. The van der Waals surface area contributed by atoms with Crippen LogP contribution in [-0.4, -0.2) is 48.6 Å². The predicted octanol–water partition coefficient (Wildman–Crippen LogP) is 3.48. The summed E-state index contributed by atoms with van der Waals surface area (Å²) in [6, 6.07) is 10.2. The Hall–Kier alpha value is -2.90. The van der Waals surface area contributed by atoms with E-state index in [2.05, 4.69) is 0 Å². The summed E-state index contributed by atoms with van der Waals surface area (Å²) in [4.78, 5) is 30.1. The average molecular weight is 445 g/mol. The minimum atomic E-state index is -0.529. The number of benzene rings is 2. The first-order valence-electron chi connectivity index (χ1n) is 10.0. The van der Waals surface area contributed by atoms with E-state index in [-0.39, 0.29) is 29.5 Å². The molecule has 0 radical (unpaired) electrons. The van der Waals surface area contributed by atoms with Crippen LogP contribution in [0.1, 0.15) is 18.4 Å². The molecule has 0 bridgehead atoms. The molecule has 6 nitrogen and oxygen atoms in total. The number of halogens is 2. The van der Waals surface area contributed by atoms with Crippen LogP contribution in [0.4, 0.5) is 10.1 Å². The van der Waals surface area contributed by atoms with E-state index in [0.717, 1.165) is 17.7 Å². The number of aliphatic hydroxyl groups is 1. The molecule has 0 aliphatic carbocycles. The van der Waals surface area contributed by atoms with Crippen LogP contribution < -0.4 is 9.64 Å². The van der Waals surface area contributed by atoms with Gasteiger partial charge in [0.05, 0.1) is 18.4 Å². The molecule has 1 saturated heterocycles. The van der Waals surface area contributed by atoms with Crippen molar-refractivity contribution in [1.82, 2.24) is 4.90 Å². The number of ether oxygens (including phenoxy) is 1. The first-order valence-corrected chi connectivity index (χ1v) is 10.4. The van der Waals surface area contributed by atoms with Gasteiger partial charge in [0.25, 0.3) is 11.8 Å². The Balaban J connectivity index is 1.85. The quantitative estimate of drug-likeness (QED) is 0.715. The number of amides is 2. The van der Waals surface area contributed by atoms with Crippen molar-refractivity contribution in [3.8, 4) is 5.75 Å². The highest BCUT2D eigenvalue weighted by molar-refractivity contribution is 6.46. The van der Waals surface area contributed by atoms with Crippen LogP contribution in [0.15, 0.2) is 48.2 Å². The Morgan fingerprint density at radius 1 is 1.16 bits per heavy atom. The molecule has 0 spiro atoms. The summed E-state index contributed by atoms with van der Waals surface area (Å²) < 4.78 is 18.9. The third-order valence-electron chi connectivity index (χ3n) is 5.67. The molecule has 1 atom stereocenters. The molecule has 1 fully saturated rings. The van der Waals surface area contributed by atoms with E-state index >= 15 is 0 Å². The summed E-state index contributed by atoms with van der Waals surface area (Å²) in [7, 11) is 1.45. The molecule has 0 saturated carbocycles. The first kappa shape index (κ1) is 21.3. The van der Waals surface area contributed by atoms with Gasteiger partial charge in [-0.05, 0) is 54.7 Å². The van der Waals surface area contributed by atoms with Crippen molar-refractivity contribution in [2.24, 2.45) is 5.92 Å². The minimum absolute atomic E-state index is 0.00360. The lowest BCUT2D eigenvalue weighted by atomic mass is 9.97. The number of carbonyl (C=O) groups excluding carboxylic acids is 2. The number of imide groups is 1. The Bertz CT molecular complexity index is 1050. The third kappa shape index (κ3) is 3.91. The smallest absolute Gasteiger partial charge is 0.282 e. The van der Waals surface area contributed by atoms with E-state index in [1.165, 1.54) is 37.4 Å². The number of carbonyl (C=O) groups is 2. The summed E-state index contributed by atoms with van der Waals surface area (Å²) in [5.41, 5.74) is 1.14. The zero-order valence-electron chi connectivity index (χ0n) is 17.0. The monoisotopic (exact) mass is 444 g/mol. The van der Waals surface area contributed by atoms with Gasteiger partial charge >= 0.3 is 0 Å². The zero-order chi connectivity index (χ0) is 22.1. The predicted molar refractivity (Wildman–Crippen MR) is 115 cm³/mol. The lowest BCUT2D eigenvalue weighted by Crippen LogP contribution is -2.40. The molecule has 31 heavy (non-hydrogen) atoms. The minimum Gasteiger partial charge on any atom is -0.495 e. The number of hydrogen-bond donors (Lipinski definition) is 1. The Kier molecular flexibility index (Phi) is 5.98. The van der Waals surface area contributed by atoms with E-state index in [4.69, 9.17) is 16.3 Å². The first-order chi connectivity index (χ1) is 14.9. The van der Waals surface area contributed by atoms with E-state index in [1.807, 2.05) is 4.90 Å². The summed E-state index contributed by atoms with van der Waals surface area (Å²) in [5.74, 6) is -1.12. The normalized spacial score (nSPS) is 19.4. The number of likely N-dealkylation sites (tertiary alicyclic amines) is 1. The van der Waals surface area contributed by atoms with Gasteiger partial charge in [0.15, 0.2) is 0 Å². The van der Waals surface area contributed by atoms with Crippen LogP contribution >= 0.6 is 11.6 Å². The fourth-order valence-corrected chi connectivity index (χ4v) is 4.33. The molecule has 1 N–H and O–H groups in total. The molecule has 2 aliphatic heterocycles. The fourth-order valence-electron chi connectivity index (χ4n) is 4.16. The maximum Gasteiger partial charge on any atom is 0.282 e. The van der Waals surface area contributed by atoms with Crippen LogP contribution in [0, 0.1) is 11.7 Å². The SMILES string of the molecule is COc1ccc(Cl)cc1N1C(=O)C(c2ccc(F)cc2)=C(N2CCCC(CO)C2)C1=O. The number of piperidine rings is 1. The summed E-state index contributed by atoms with van der Waals surface area (Å²) in [6.07, 6.45) is 1.63. The molecule has 8 heteroatoms. The second-order valence-electron chi connectivity index (χ2n) is 7.63. The van der Waals surface area contributed by atoms with Crippen molar-refractivity contribution in [3.05, 3.63) is 64.6 Å². The molecule has 2 aromatic carbocycles. The van der Waals surface area contributed by atoms with Crippen molar-refractivity contribution < 1.29 is 23.8 Å². The van der Waals surface area contributed by atoms with E-state index in [0.29, 0.717) is 29.4 Å². The topological polar surface area (TPSA) is 70.1 Å². The Labute approximate surface area is 184 Å². The second-order valence-corrected chi connectivity index (χ2v) is 8.07. The van der Waals surface area contributed by atoms with Crippen molar-refractivity contribution >= 4 is 34.7 Å². The van der Waals surface area contributed by atoms with Crippen molar-refractivity contribution in [2.45, 2.75) is 12.8 Å². The summed E-state index contributed by atoms with van der Waals surface area (Å²) in [6.45, 7) is 1.04. The van der Waals surface area contributed by atoms with Gasteiger partial charge in [-0.1, -0.05) is 23.7 Å². The third-order valence-corrected chi connectivity index (χ3v) is 5.90. The van der Waals surface area contributed by atoms with Gasteiger partial charge in [-0.25, -0.2) is 9.29 Å². The Morgan fingerprint density at radius 2 is 1.90 bits per heavy atom. The molecular formula is C23H22ClFN2O4. The van der Waals surface area contributed by atoms with E-state index < -0.39 is 17.6 Å². The molecular weight excluding hydrogens is 423 g/mol. The number of hydrogen-bond acceptors (Lipinski definition) is 5. The van der Waals surface area contributed by atoms with E-state index in [1.54, 1.807) is 12.1 Å². The highest BCUT2D eigenvalue weighted by Gasteiger charge is 2.44. The standard InChI is InChI=1S/C23H22ClFN2O4/c1-31-19-9-6-16(24)11-18(19)27-22(29)20(15-4-7-17(25)8-5-15)21(23(27)30)26-10-2-3-14(12-26)13-28/h4-9,11,14,28H,2-3,10,12-13H2,1H3. The highest BCUT2D eigenvalue weighted by atomic mass is 35.5. The number of aliphatic hydroxyl groups excluding tert-OH is 1. The van der Waals surface area contributed by atoms with Gasteiger partial charge in [0.2, 0.25) is 0 Å². The molecule has 0 aromatic heterocycles. The lowest BCUT2D eigenvalue weighted by Gasteiger charge is -2.34. The van der Waals surface area contributed by atoms with Crippen molar-refractivity contribution in [1.29, 1.82) is 0 Å². The molecule has 2 heterocycles. The average Bonchev–Trinajstić information content (AvgIpc) is 3.04. The van der Waals surface area contributed by atoms with Crippen LogP contribution in [0.2, 0.25) is 5.02 Å². The number of nitrogens with zero attached hydrogens (tertiary/aromatic N) is 2. The van der Waals surface area contributed by atoms with Crippen LogP contribution in [0.3, 0.4) is 0 Å². The molecule has 2 amide bonds. The second kappa shape index (κ2) is 8.69. The number of anilines is 1. The molecule has 4 rings (SSSR count).